The molecule has 0 aliphatic rings. The van der Waals surface area contributed by atoms with E-state index in [0.717, 1.165) is 21.9 Å². The summed E-state index contributed by atoms with van der Waals surface area (Å²) < 4.78 is 14.4. The molecule has 4 rings (SSSR count). The van der Waals surface area contributed by atoms with E-state index in [1.54, 1.807) is 13.2 Å². The molecule has 0 radical (unpaired) electrons. The lowest BCUT2D eigenvalue weighted by molar-refractivity contribution is -0.123. The zero-order valence-electron chi connectivity index (χ0n) is 20.0. The van der Waals surface area contributed by atoms with Crippen molar-refractivity contribution in [3.8, 4) is 11.5 Å². The number of nitrogens with zero attached hydrogens (tertiary/aromatic N) is 3. The standard InChI is InChI=1S/C26H30N4O4/c1-5-33-22-12-11-18(15-23(22)34-6-2)13-14-27-25(31)17(3)30-21-10-8-7-9-19(21)20-16-28-29(4)26(32)24(20)30/h7-12,15-17H,5-6,13-14H2,1-4H3,(H,27,31)/t17-/m1/s1. The molecule has 0 aliphatic heterocycles. The van der Waals surface area contributed by atoms with Crippen LogP contribution in [0.1, 0.15) is 32.4 Å². The highest BCUT2D eigenvalue weighted by Gasteiger charge is 2.23. The van der Waals surface area contributed by atoms with E-state index in [9.17, 15) is 9.59 Å². The first-order chi connectivity index (χ1) is 16.5. The van der Waals surface area contributed by atoms with Crippen molar-refractivity contribution in [2.45, 2.75) is 33.2 Å². The van der Waals surface area contributed by atoms with Gasteiger partial charge in [-0.3, -0.25) is 9.59 Å². The highest BCUT2D eigenvalue weighted by atomic mass is 16.5. The monoisotopic (exact) mass is 462 g/mol. The van der Waals surface area contributed by atoms with Crippen LogP contribution >= 0.6 is 0 Å². The number of aryl methyl sites for hydroxylation is 1. The average Bonchev–Trinajstić information content (AvgIpc) is 3.17. The molecule has 0 unspecified atom stereocenters. The van der Waals surface area contributed by atoms with Crippen LogP contribution < -0.4 is 20.3 Å². The number of aromatic nitrogens is 3. The predicted molar refractivity (Wildman–Crippen MR) is 133 cm³/mol. The second-order valence-corrected chi connectivity index (χ2v) is 8.09. The Kier molecular flexibility index (Phi) is 6.86. The smallest absolute Gasteiger partial charge is 0.291 e. The van der Waals surface area contributed by atoms with Gasteiger partial charge in [0.05, 0.1) is 24.9 Å². The zero-order valence-corrected chi connectivity index (χ0v) is 20.0. The molecule has 178 valence electrons. The van der Waals surface area contributed by atoms with Crippen LogP contribution in [0, 0.1) is 0 Å². The number of amides is 1. The summed E-state index contributed by atoms with van der Waals surface area (Å²) in [6.45, 7) is 7.25. The van der Waals surface area contributed by atoms with E-state index in [0.29, 0.717) is 43.2 Å². The van der Waals surface area contributed by atoms with Crippen molar-refractivity contribution in [3.05, 3.63) is 64.6 Å². The number of hydrogen-bond acceptors (Lipinski definition) is 5. The Bertz CT molecular complexity index is 1390. The van der Waals surface area contributed by atoms with Gasteiger partial charge in [-0.15, -0.1) is 0 Å². The summed E-state index contributed by atoms with van der Waals surface area (Å²) in [7, 11) is 1.61. The summed E-state index contributed by atoms with van der Waals surface area (Å²) in [6.07, 6.45) is 2.33. The van der Waals surface area contributed by atoms with E-state index in [4.69, 9.17) is 9.47 Å². The first-order valence-electron chi connectivity index (χ1n) is 11.6. The molecular weight excluding hydrogens is 432 g/mol. The van der Waals surface area contributed by atoms with Gasteiger partial charge in [0.1, 0.15) is 11.6 Å². The Morgan fingerprint density at radius 2 is 1.79 bits per heavy atom. The fourth-order valence-corrected chi connectivity index (χ4v) is 4.24. The maximum atomic E-state index is 13.1. The van der Waals surface area contributed by atoms with Crippen LogP contribution in [-0.4, -0.2) is 40.0 Å². The molecule has 0 spiro atoms. The minimum atomic E-state index is -0.572. The van der Waals surface area contributed by atoms with E-state index in [2.05, 4.69) is 10.4 Å². The largest absolute Gasteiger partial charge is 0.490 e. The van der Waals surface area contributed by atoms with Gasteiger partial charge in [-0.05, 0) is 51.0 Å². The van der Waals surface area contributed by atoms with E-state index in [1.807, 2.05) is 67.8 Å². The fourth-order valence-electron chi connectivity index (χ4n) is 4.24. The highest BCUT2D eigenvalue weighted by Crippen LogP contribution is 2.30. The summed E-state index contributed by atoms with van der Waals surface area (Å²) in [5, 5.41) is 8.83. The third kappa shape index (κ3) is 4.35. The highest BCUT2D eigenvalue weighted by molar-refractivity contribution is 6.08. The SMILES string of the molecule is CCOc1ccc(CCNC(=O)[C@@H](C)n2c3ccccc3c3cnn(C)c(=O)c32)cc1OCC. The van der Waals surface area contributed by atoms with E-state index in [1.165, 1.54) is 4.68 Å². The Balaban J connectivity index is 1.54. The molecule has 34 heavy (non-hydrogen) atoms. The van der Waals surface area contributed by atoms with Crippen LogP contribution in [0.2, 0.25) is 0 Å². The van der Waals surface area contributed by atoms with Gasteiger partial charge in [-0.25, -0.2) is 4.68 Å². The van der Waals surface area contributed by atoms with Crippen molar-refractivity contribution < 1.29 is 14.3 Å². The Morgan fingerprint density at radius 1 is 1.06 bits per heavy atom. The number of benzene rings is 2. The van der Waals surface area contributed by atoms with Gasteiger partial charge < -0.3 is 19.4 Å². The quantitative estimate of drug-likeness (QED) is 0.411. The van der Waals surface area contributed by atoms with Crippen LogP contribution in [0.5, 0.6) is 11.5 Å². The molecular formula is C26H30N4O4. The second kappa shape index (κ2) is 9.99. The molecule has 2 aromatic heterocycles. The number of fused-ring (bicyclic) bond motifs is 3. The summed E-state index contributed by atoms with van der Waals surface area (Å²) >= 11 is 0. The molecule has 2 heterocycles. The Hall–Kier alpha value is -3.81. The lowest BCUT2D eigenvalue weighted by atomic mass is 10.1. The van der Waals surface area contributed by atoms with Gasteiger partial charge in [0.15, 0.2) is 11.5 Å². The summed E-state index contributed by atoms with van der Waals surface area (Å²) in [6, 6.07) is 13.0. The molecule has 0 fully saturated rings. The lowest BCUT2D eigenvalue weighted by Gasteiger charge is -2.17. The number of para-hydroxylation sites is 1. The Morgan fingerprint density at radius 3 is 2.56 bits per heavy atom. The third-order valence-electron chi connectivity index (χ3n) is 5.89. The number of hydrogen-bond donors (Lipinski definition) is 1. The average molecular weight is 463 g/mol. The van der Waals surface area contributed by atoms with Gasteiger partial charge in [0.25, 0.3) is 5.56 Å². The minimum Gasteiger partial charge on any atom is -0.490 e. The molecule has 0 aliphatic carbocycles. The normalized spacial score (nSPS) is 12.1. The molecule has 0 saturated carbocycles. The van der Waals surface area contributed by atoms with Crippen LogP contribution in [0.4, 0.5) is 0 Å². The molecule has 0 saturated heterocycles. The first kappa shape index (κ1) is 23.4. The van der Waals surface area contributed by atoms with Crippen molar-refractivity contribution in [1.82, 2.24) is 19.7 Å². The van der Waals surface area contributed by atoms with Gasteiger partial charge in [0, 0.05) is 24.4 Å². The zero-order chi connectivity index (χ0) is 24.2. The first-order valence-corrected chi connectivity index (χ1v) is 11.6. The van der Waals surface area contributed by atoms with Gasteiger partial charge in [-0.1, -0.05) is 24.3 Å². The summed E-state index contributed by atoms with van der Waals surface area (Å²) in [5.74, 6) is 1.27. The second-order valence-electron chi connectivity index (χ2n) is 8.09. The van der Waals surface area contributed by atoms with Crippen molar-refractivity contribution in [1.29, 1.82) is 0 Å². The summed E-state index contributed by atoms with van der Waals surface area (Å²) in [5.41, 5.74) is 2.12. The van der Waals surface area contributed by atoms with Crippen LogP contribution in [0.15, 0.2) is 53.5 Å². The molecule has 0 bridgehead atoms. The van der Waals surface area contributed by atoms with Crippen molar-refractivity contribution in [3.63, 3.8) is 0 Å². The molecule has 1 atom stereocenters. The number of ether oxygens (including phenoxy) is 2. The minimum absolute atomic E-state index is 0.155. The Labute approximate surface area is 198 Å². The van der Waals surface area contributed by atoms with E-state index >= 15 is 0 Å². The number of carbonyl (C=O) groups excluding carboxylic acids is 1. The number of carbonyl (C=O) groups is 1. The van der Waals surface area contributed by atoms with Crippen LogP contribution in [-0.2, 0) is 18.3 Å². The molecule has 2 aromatic carbocycles. The van der Waals surface area contributed by atoms with Gasteiger partial charge in [0.2, 0.25) is 5.91 Å². The van der Waals surface area contributed by atoms with Crippen LogP contribution in [0.3, 0.4) is 0 Å². The maximum Gasteiger partial charge on any atom is 0.291 e. The topological polar surface area (TPSA) is 87.4 Å². The maximum absolute atomic E-state index is 13.1. The molecule has 1 amide bonds. The third-order valence-corrected chi connectivity index (χ3v) is 5.89. The van der Waals surface area contributed by atoms with E-state index < -0.39 is 6.04 Å². The summed E-state index contributed by atoms with van der Waals surface area (Å²) in [4.78, 5) is 26.1. The van der Waals surface area contributed by atoms with Crippen molar-refractivity contribution in [2.24, 2.45) is 7.05 Å². The lowest BCUT2D eigenvalue weighted by Crippen LogP contribution is -2.33. The van der Waals surface area contributed by atoms with Gasteiger partial charge >= 0.3 is 0 Å². The van der Waals surface area contributed by atoms with E-state index in [-0.39, 0.29) is 11.5 Å². The number of rotatable bonds is 9. The van der Waals surface area contributed by atoms with Gasteiger partial charge in [-0.2, -0.15) is 5.10 Å². The van der Waals surface area contributed by atoms with Crippen molar-refractivity contribution >= 4 is 27.7 Å². The fraction of sp³-hybridized carbons (Fsp3) is 0.346. The predicted octanol–water partition coefficient (Wildman–Crippen LogP) is 3.61. The molecule has 8 heteroatoms. The molecule has 1 N–H and O–H groups in total. The molecule has 8 nitrogen and oxygen atoms in total. The molecule has 4 aromatic rings. The van der Waals surface area contributed by atoms with Crippen LogP contribution in [0.25, 0.3) is 21.8 Å². The number of nitrogens with one attached hydrogen (secondary N) is 1. The van der Waals surface area contributed by atoms with Crippen molar-refractivity contribution in [2.75, 3.05) is 19.8 Å².